The van der Waals surface area contributed by atoms with Gasteiger partial charge < -0.3 is 9.64 Å². The van der Waals surface area contributed by atoms with E-state index in [1.54, 1.807) is 6.92 Å². The van der Waals surface area contributed by atoms with Gasteiger partial charge in [0, 0.05) is 37.7 Å². The van der Waals surface area contributed by atoms with Crippen molar-refractivity contribution in [3.8, 4) is 5.75 Å². The normalized spacial score (nSPS) is 18.4. The molecule has 9 heteroatoms. The van der Waals surface area contributed by atoms with Crippen molar-refractivity contribution < 1.29 is 22.7 Å². The van der Waals surface area contributed by atoms with E-state index < -0.39 is 16.1 Å². The second-order valence-electron chi connectivity index (χ2n) is 9.06. The van der Waals surface area contributed by atoms with Crippen LogP contribution in [0.15, 0.2) is 47.4 Å². The molecule has 2 saturated heterocycles. The first-order valence-corrected chi connectivity index (χ1v) is 13.1. The van der Waals surface area contributed by atoms with E-state index in [9.17, 15) is 18.0 Å². The third kappa shape index (κ3) is 4.95. The van der Waals surface area contributed by atoms with E-state index >= 15 is 0 Å². The lowest BCUT2D eigenvalue weighted by molar-refractivity contribution is -0.121. The SMILES string of the molecule is COc1ccc(S(=O)(=O)NC(C)c2ccc(N3CCC(C)CC3)cc2)cc1N1C(=O)CCC1=O. The van der Waals surface area contributed by atoms with Crippen LogP contribution in [0.3, 0.4) is 0 Å². The van der Waals surface area contributed by atoms with Crippen LogP contribution in [-0.2, 0) is 19.6 Å². The average molecular weight is 486 g/mol. The van der Waals surface area contributed by atoms with Gasteiger partial charge in [0.2, 0.25) is 21.8 Å². The van der Waals surface area contributed by atoms with Gasteiger partial charge in [-0.3, -0.25) is 9.59 Å². The largest absolute Gasteiger partial charge is 0.495 e. The minimum atomic E-state index is -3.92. The number of piperidine rings is 1. The van der Waals surface area contributed by atoms with Crippen LogP contribution >= 0.6 is 0 Å². The van der Waals surface area contributed by atoms with E-state index in [1.165, 1.54) is 38.2 Å². The topological polar surface area (TPSA) is 96.0 Å². The monoisotopic (exact) mass is 485 g/mol. The minimum Gasteiger partial charge on any atom is -0.495 e. The third-order valence-corrected chi connectivity index (χ3v) is 8.17. The van der Waals surface area contributed by atoms with E-state index in [0.717, 1.165) is 35.2 Å². The predicted molar refractivity (Wildman–Crippen MR) is 131 cm³/mol. The van der Waals surface area contributed by atoms with E-state index in [4.69, 9.17) is 4.74 Å². The van der Waals surface area contributed by atoms with Crippen molar-refractivity contribution in [2.75, 3.05) is 30.0 Å². The Morgan fingerprint density at radius 1 is 1.00 bits per heavy atom. The first-order valence-electron chi connectivity index (χ1n) is 11.6. The van der Waals surface area contributed by atoms with Crippen molar-refractivity contribution in [1.82, 2.24) is 4.72 Å². The quantitative estimate of drug-likeness (QED) is 0.602. The maximum atomic E-state index is 13.1. The van der Waals surface area contributed by atoms with Gasteiger partial charge in [-0.15, -0.1) is 0 Å². The molecular weight excluding hydrogens is 454 g/mol. The van der Waals surface area contributed by atoms with Crippen molar-refractivity contribution in [3.05, 3.63) is 48.0 Å². The van der Waals surface area contributed by atoms with E-state index in [2.05, 4.69) is 16.5 Å². The van der Waals surface area contributed by atoms with Crippen molar-refractivity contribution >= 4 is 33.2 Å². The van der Waals surface area contributed by atoms with Gasteiger partial charge >= 0.3 is 0 Å². The number of hydrogen-bond donors (Lipinski definition) is 1. The van der Waals surface area contributed by atoms with Crippen molar-refractivity contribution in [3.63, 3.8) is 0 Å². The number of methoxy groups -OCH3 is 1. The van der Waals surface area contributed by atoms with Crippen LogP contribution in [0.1, 0.15) is 51.1 Å². The Morgan fingerprint density at radius 2 is 1.62 bits per heavy atom. The molecule has 0 spiro atoms. The van der Waals surface area contributed by atoms with Crippen LogP contribution in [0.4, 0.5) is 11.4 Å². The first-order chi connectivity index (χ1) is 16.2. The zero-order valence-electron chi connectivity index (χ0n) is 19.8. The number of carbonyl (C=O) groups excluding carboxylic acids is 2. The number of imide groups is 1. The molecule has 2 fully saturated rings. The molecule has 2 aromatic rings. The maximum absolute atomic E-state index is 13.1. The molecule has 2 aromatic carbocycles. The predicted octanol–water partition coefficient (Wildman–Crippen LogP) is 3.62. The summed E-state index contributed by atoms with van der Waals surface area (Å²) in [5, 5.41) is 0. The lowest BCUT2D eigenvalue weighted by atomic mass is 9.98. The summed E-state index contributed by atoms with van der Waals surface area (Å²) < 4.78 is 34.3. The molecule has 182 valence electrons. The number of anilines is 2. The highest BCUT2D eigenvalue weighted by Crippen LogP contribution is 2.34. The first kappa shape index (κ1) is 24.2. The Morgan fingerprint density at radius 3 is 2.21 bits per heavy atom. The molecule has 2 aliphatic rings. The highest BCUT2D eigenvalue weighted by molar-refractivity contribution is 7.89. The highest BCUT2D eigenvalue weighted by atomic mass is 32.2. The Labute approximate surface area is 200 Å². The molecule has 2 aliphatic heterocycles. The maximum Gasteiger partial charge on any atom is 0.241 e. The average Bonchev–Trinajstić information content (AvgIpc) is 3.16. The lowest BCUT2D eigenvalue weighted by Crippen LogP contribution is -2.32. The summed E-state index contributed by atoms with van der Waals surface area (Å²) in [6.07, 6.45) is 2.55. The van der Waals surface area contributed by atoms with Gasteiger partial charge in [-0.25, -0.2) is 18.0 Å². The fraction of sp³-hybridized carbons (Fsp3) is 0.440. The fourth-order valence-corrected chi connectivity index (χ4v) is 5.72. The number of sulfonamides is 1. The Hall–Kier alpha value is -2.91. The highest BCUT2D eigenvalue weighted by Gasteiger charge is 2.33. The molecule has 0 aliphatic carbocycles. The molecule has 8 nitrogen and oxygen atoms in total. The molecule has 0 bridgehead atoms. The van der Waals surface area contributed by atoms with Crippen molar-refractivity contribution in [2.24, 2.45) is 5.92 Å². The smallest absolute Gasteiger partial charge is 0.241 e. The van der Waals surface area contributed by atoms with Crippen molar-refractivity contribution in [2.45, 2.75) is 50.5 Å². The summed E-state index contributed by atoms with van der Waals surface area (Å²) in [4.78, 5) is 27.8. The lowest BCUT2D eigenvalue weighted by Gasteiger charge is -2.32. The standard InChI is InChI=1S/C25H31N3O5S/c1-17-12-14-27(15-13-17)20-6-4-19(5-7-20)18(2)26-34(31,32)21-8-9-23(33-3)22(16-21)28-24(29)10-11-25(28)30/h4-9,16-18,26H,10-15H2,1-3H3. The fourth-order valence-electron chi connectivity index (χ4n) is 4.47. The summed E-state index contributed by atoms with van der Waals surface area (Å²) in [5.41, 5.74) is 2.13. The number of benzene rings is 2. The Bertz CT molecular complexity index is 1160. The van der Waals surface area contributed by atoms with Crippen LogP contribution in [-0.4, -0.2) is 40.4 Å². The van der Waals surface area contributed by atoms with Crippen molar-refractivity contribution in [1.29, 1.82) is 0 Å². The summed E-state index contributed by atoms with van der Waals surface area (Å²) in [6.45, 7) is 6.13. The molecule has 0 aromatic heterocycles. The second-order valence-corrected chi connectivity index (χ2v) is 10.8. The van der Waals surface area contributed by atoms with Gasteiger partial charge in [-0.05, 0) is 61.6 Å². The van der Waals surface area contributed by atoms with Crippen LogP contribution in [0.2, 0.25) is 0 Å². The second kappa shape index (κ2) is 9.76. The van der Waals surface area contributed by atoms with Crippen LogP contribution in [0, 0.1) is 5.92 Å². The third-order valence-electron chi connectivity index (χ3n) is 6.63. The van der Waals surface area contributed by atoms with Crippen LogP contribution < -0.4 is 19.3 Å². The zero-order chi connectivity index (χ0) is 24.5. The number of ether oxygens (including phenoxy) is 1. The van der Waals surface area contributed by atoms with Crippen LogP contribution in [0.5, 0.6) is 5.75 Å². The molecule has 1 atom stereocenters. The summed E-state index contributed by atoms with van der Waals surface area (Å²) >= 11 is 0. The summed E-state index contributed by atoms with van der Waals surface area (Å²) in [7, 11) is -2.51. The molecule has 4 rings (SSSR count). The van der Waals surface area contributed by atoms with Gasteiger partial charge in [0.05, 0.1) is 17.7 Å². The van der Waals surface area contributed by atoms with Gasteiger partial charge in [-0.2, -0.15) is 0 Å². The van der Waals surface area contributed by atoms with Gasteiger partial charge in [0.1, 0.15) is 5.75 Å². The molecule has 1 N–H and O–H groups in total. The number of amides is 2. The molecular formula is C25H31N3O5S. The van der Waals surface area contributed by atoms with E-state index in [0.29, 0.717) is 0 Å². The van der Waals surface area contributed by atoms with Gasteiger partial charge in [-0.1, -0.05) is 19.1 Å². The number of nitrogens with one attached hydrogen (secondary N) is 1. The molecule has 2 heterocycles. The number of hydrogen-bond acceptors (Lipinski definition) is 6. The zero-order valence-corrected chi connectivity index (χ0v) is 20.6. The summed E-state index contributed by atoms with van der Waals surface area (Å²) in [6, 6.07) is 11.7. The van der Waals surface area contributed by atoms with Gasteiger partial charge in [0.15, 0.2) is 0 Å². The molecule has 0 radical (unpaired) electrons. The molecule has 1 unspecified atom stereocenters. The summed E-state index contributed by atoms with van der Waals surface area (Å²) in [5.74, 6) is 0.272. The number of carbonyl (C=O) groups is 2. The molecule has 34 heavy (non-hydrogen) atoms. The Balaban J connectivity index is 1.52. The molecule has 2 amide bonds. The Kier molecular flexibility index (Phi) is 6.95. The minimum absolute atomic E-state index is 0.0401. The number of rotatable bonds is 7. The number of nitrogens with zero attached hydrogens (tertiary/aromatic N) is 2. The van der Waals surface area contributed by atoms with Crippen LogP contribution in [0.25, 0.3) is 0 Å². The van der Waals surface area contributed by atoms with Gasteiger partial charge in [0.25, 0.3) is 0 Å². The molecule has 0 saturated carbocycles. The van der Waals surface area contributed by atoms with E-state index in [1.807, 2.05) is 24.3 Å². The van der Waals surface area contributed by atoms with E-state index in [-0.39, 0.29) is 41.0 Å².